The first-order valence-electron chi connectivity index (χ1n) is 7.83. The molecule has 1 heterocycles. The van der Waals surface area contributed by atoms with E-state index in [4.69, 9.17) is 0 Å². The lowest BCUT2D eigenvalue weighted by molar-refractivity contribution is 0.581. The van der Waals surface area contributed by atoms with E-state index in [2.05, 4.69) is 64.3 Å². The van der Waals surface area contributed by atoms with Crippen molar-refractivity contribution in [2.24, 2.45) is 4.99 Å². The van der Waals surface area contributed by atoms with Gasteiger partial charge in [0.15, 0.2) is 5.96 Å². The van der Waals surface area contributed by atoms with Crippen molar-refractivity contribution in [2.45, 2.75) is 25.2 Å². The van der Waals surface area contributed by atoms with Crippen LogP contribution in [0.5, 0.6) is 0 Å². The number of aliphatic imine (C=N–C) groups is 1. The fraction of sp³-hybridized carbons (Fsp3) is 0.389. The van der Waals surface area contributed by atoms with Crippen molar-refractivity contribution >= 4 is 41.3 Å². The lowest BCUT2D eigenvalue weighted by Gasteiger charge is -2.30. The zero-order valence-electron chi connectivity index (χ0n) is 13.6. The van der Waals surface area contributed by atoms with Gasteiger partial charge < -0.3 is 10.6 Å². The summed E-state index contributed by atoms with van der Waals surface area (Å²) in [5.41, 5.74) is 2.97. The number of halogens is 1. The molecule has 0 aliphatic heterocycles. The number of thiophene rings is 1. The number of hydrogen-bond acceptors (Lipinski definition) is 2. The van der Waals surface area contributed by atoms with Gasteiger partial charge in [-0.05, 0) is 29.0 Å². The minimum atomic E-state index is 0. The summed E-state index contributed by atoms with van der Waals surface area (Å²) in [6.07, 6.45) is 1.17. The first kappa shape index (κ1) is 18.3. The molecule has 0 fully saturated rings. The van der Waals surface area contributed by atoms with E-state index < -0.39 is 0 Å². The molecule has 2 atom stereocenters. The zero-order chi connectivity index (χ0) is 15.4. The molecule has 2 aromatic rings. The molecule has 2 N–H and O–H groups in total. The summed E-state index contributed by atoms with van der Waals surface area (Å²) < 4.78 is 0. The molecule has 2 unspecified atom stereocenters. The van der Waals surface area contributed by atoms with Crippen LogP contribution in [0.25, 0.3) is 0 Å². The van der Waals surface area contributed by atoms with E-state index in [0.29, 0.717) is 11.8 Å². The molecule has 1 aliphatic carbocycles. The maximum absolute atomic E-state index is 4.33. The van der Waals surface area contributed by atoms with E-state index in [9.17, 15) is 0 Å². The molecular formula is C18H24IN3S. The highest BCUT2D eigenvalue weighted by Gasteiger charge is 2.25. The van der Waals surface area contributed by atoms with E-state index in [-0.39, 0.29) is 24.0 Å². The maximum Gasteiger partial charge on any atom is 0.191 e. The van der Waals surface area contributed by atoms with Crippen molar-refractivity contribution in [1.82, 2.24) is 10.6 Å². The number of rotatable bonds is 5. The first-order chi connectivity index (χ1) is 10.8. The second-order valence-electron chi connectivity index (χ2n) is 5.85. The predicted molar refractivity (Wildman–Crippen MR) is 110 cm³/mol. The molecule has 3 nitrogen and oxygen atoms in total. The van der Waals surface area contributed by atoms with E-state index >= 15 is 0 Å². The van der Waals surface area contributed by atoms with Crippen LogP contribution in [0, 0.1) is 0 Å². The van der Waals surface area contributed by atoms with Gasteiger partial charge in [0, 0.05) is 36.9 Å². The normalized spacial score (nSPS) is 17.5. The van der Waals surface area contributed by atoms with Crippen molar-refractivity contribution in [3.8, 4) is 0 Å². The standard InChI is InChI=1S/C18H23N3S.HI/c1-13(17-8-5-9-22-17)11-20-18(19-2)21-12-15-10-14-6-3-4-7-16(14)15;/h3-9,13,15H,10-12H2,1-2H3,(H2,19,20,21);1H. The van der Waals surface area contributed by atoms with Crippen molar-refractivity contribution in [2.75, 3.05) is 20.1 Å². The Labute approximate surface area is 159 Å². The van der Waals surface area contributed by atoms with Crippen molar-refractivity contribution in [3.05, 3.63) is 57.8 Å². The first-order valence-corrected chi connectivity index (χ1v) is 8.71. The molecule has 0 bridgehead atoms. The van der Waals surface area contributed by atoms with Crippen LogP contribution in [0.1, 0.15) is 34.8 Å². The van der Waals surface area contributed by atoms with Crippen molar-refractivity contribution < 1.29 is 0 Å². The van der Waals surface area contributed by atoms with Crippen LogP contribution in [-0.4, -0.2) is 26.1 Å². The fourth-order valence-corrected chi connectivity index (χ4v) is 3.69. The average Bonchev–Trinajstić information content (AvgIpc) is 3.05. The topological polar surface area (TPSA) is 36.4 Å². The Morgan fingerprint density at radius 3 is 2.78 bits per heavy atom. The quantitative estimate of drug-likeness (QED) is 0.419. The van der Waals surface area contributed by atoms with Crippen LogP contribution in [0.4, 0.5) is 0 Å². The summed E-state index contributed by atoms with van der Waals surface area (Å²) in [4.78, 5) is 5.74. The molecule has 0 saturated carbocycles. The molecule has 1 aliphatic rings. The van der Waals surface area contributed by atoms with Gasteiger partial charge in [-0.15, -0.1) is 35.3 Å². The van der Waals surface area contributed by atoms with Crippen LogP contribution in [0.3, 0.4) is 0 Å². The molecule has 23 heavy (non-hydrogen) atoms. The van der Waals surface area contributed by atoms with E-state index in [0.717, 1.165) is 19.0 Å². The molecule has 1 aromatic heterocycles. The summed E-state index contributed by atoms with van der Waals surface area (Å²) in [5.74, 6) is 2.01. The number of guanidine groups is 1. The summed E-state index contributed by atoms with van der Waals surface area (Å²) in [6.45, 7) is 4.10. The molecule has 0 amide bonds. The molecule has 0 saturated heterocycles. The van der Waals surface area contributed by atoms with Gasteiger partial charge in [-0.1, -0.05) is 37.3 Å². The van der Waals surface area contributed by atoms with E-state index in [1.807, 2.05) is 18.4 Å². The predicted octanol–water partition coefficient (Wildman–Crippen LogP) is 3.97. The van der Waals surface area contributed by atoms with Gasteiger partial charge in [0.2, 0.25) is 0 Å². The molecule has 0 radical (unpaired) electrons. The largest absolute Gasteiger partial charge is 0.356 e. The highest BCUT2D eigenvalue weighted by Crippen LogP contribution is 2.33. The lowest BCUT2D eigenvalue weighted by atomic mass is 9.78. The SMILES string of the molecule is CN=C(NCC(C)c1cccs1)NCC1Cc2ccccc21.I. The third kappa shape index (κ3) is 4.47. The Kier molecular flexibility index (Phi) is 6.89. The summed E-state index contributed by atoms with van der Waals surface area (Å²) in [7, 11) is 1.83. The molecule has 5 heteroatoms. The number of hydrogen-bond donors (Lipinski definition) is 2. The summed E-state index contributed by atoms with van der Waals surface area (Å²) in [6, 6.07) is 13.0. The van der Waals surface area contributed by atoms with Gasteiger partial charge in [0.1, 0.15) is 0 Å². The molecule has 124 valence electrons. The van der Waals surface area contributed by atoms with Crippen LogP contribution < -0.4 is 10.6 Å². The van der Waals surface area contributed by atoms with Gasteiger partial charge in [-0.25, -0.2) is 0 Å². The molecule has 0 spiro atoms. The highest BCUT2D eigenvalue weighted by atomic mass is 127. The Bertz CT molecular complexity index is 639. The minimum Gasteiger partial charge on any atom is -0.356 e. The number of fused-ring (bicyclic) bond motifs is 1. The van der Waals surface area contributed by atoms with Crippen LogP contribution in [-0.2, 0) is 6.42 Å². The average molecular weight is 441 g/mol. The van der Waals surface area contributed by atoms with Gasteiger partial charge in [0.05, 0.1) is 0 Å². The second kappa shape index (κ2) is 8.68. The van der Waals surface area contributed by atoms with Crippen molar-refractivity contribution in [1.29, 1.82) is 0 Å². The monoisotopic (exact) mass is 441 g/mol. The van der Waals surface area contributed by atoms with E-state index in [1.54, 1.807) is 0 Å². The van der Waals surface area contributed by atoms with Crippen LogP contribution in [0.2, 0.25) is 0 Å². The van der Waals surface area contributed by atoms with Gasteiger partial charge in [-0.2, -0.15) is 0 Å². The molecular weight excluding hydrogens is 417 g/mol. The van der Waals surface area contributed by atoms with Gasteiger partial charge >= 0.3 is 0 Å². The molecule has 3 rings (SSSR count). The Balaban J connectivity index is 0.00000192. The number of benzene rings is 1. The van der Waals surface area contributed by atoms with Gasteiger partial charge in [-0.3, -0.25) is 4.99 Å². The fourth-order valence-electron chi connectivity index (χ4n) is 2.91. The minimum absolute atomic E-state index is 0. The summed E-state index contributed by atoms with van der Waals surface area (Å²) >= 11 is 1.81. The third-order valence-corrected chi connectivity index (χ3v) is 5.41. The zero-order valence-corrected chi connectivity index (χ0v) is 16.7. The number of nitrogens with zero attached hydrogens (tertiary/aromatic N) is 1. The second-order valence-corrected chi connectivity index (χ2v) is 6.83. The van der Waals surface area contributed by atoms with Crippen LogP contribution >= 0.6 is 35.3 Å². The van der Waals surface area contributed by atoms with Gasteiger partial charge in [0.25, 0.3) is 0 Å². The summed E-state index contributed by atoms with van der Waals surface area (Å²) in [5, 5.41) is 9.02. The van der Waals surface area contributed by atoms with Crippen molar-refractivity contribution in [3.63, 3.8) is 0 Å². The highest BCUT2D eigenvalue weighted by molar-refractivity contribution is 14.0. The molecule has 1 aromatic carbocycles. The van der Waals surface area contributed by atoms with Crippen LogP contribution in [0.15, 0.2) is 46.8 Å². The maximum atomic E-state index is 4.33. The Morgan fingerprint density at radius 2 is 2.09 bits per heavy atom. The Morgan fingerprint density at radius 1 is 1.26 bits per heavy atom. The van der Waals surface area contributed by atoms with E-state index in [1.165, 1.54) is 22.4 Å². The third-order valence-electron chi connectivity index (χ3n) is 4.31. The smallest absolute Gasteiger partial charge is 0.191 e. The Hall–Kier alpha value is -1.08. The lowest BCUT2D eigenvalue weighted by Crippen LogP contribution is -2.42. The number of nitrogens with one attached hydrogen (secondary N) is 2.